The van der Waals surface area contributed by atoms with Gasteiger partial charge >= 0.3 is 0 Å². The monoisotopic (exact) mass is 456 g/mol. The van der Waals surface area contributed by atoms with Crippen LogP contribution in [0.1, 0.15) is 25.8 Å². The maximum atomic E-state index is 13.0. The molecule has 8 heteroatoms. The van der Waals surface area contributed by atoms with Crippen LogP contribution >= 0.6 is 34.8 Å². The Morgan fingerprint density at radius 2 is 1.83 bits per heavy atom. The molecule has 1 N–H and O–H groups in total. The molecule has 0 aliphatic heterocycles. The van der Waals surface area contributed by atoms with Crippen LogP contribution in [0.15, 0.2) is 42.5 Å². The fourth-order valence-corrected chi connectivity index (χ4v) is 3.33. The SMILES string of the molecule is CCNC(=O)C(CC)N(Cc1ccc(Cl)c(Cl)c1)C(=O)COc1cccc(Cl)c1. The van der Waals surface area contributed by atoms with Crippen LogP contribution < -0.4 is 10.1 Å². The van der Waals surface area contributed by atoms with Gasteiger partial charge < -0.3 is 15.0 Å². The van der Waals surface area contributed by atoms with Gasteiger partial charge in [0, 0.05) is 18.1 Å². The van der Waals surface area contributed by atoms with Crippen molar-refractivity contribution in [2.24, 2.45) is 0 Å². The van der Waals surface area contributed by atoms with Crippen molar-refractivity contribution in [3.8, 4) is 5.75 Å². The van der Waals surface area contributed by atoms with E-state index in [1.165, 1.54) is 4.90 Å². The van der Waals surface area contributed by atoms with E-state index in [1.54, 1.807) is 42.5 Å². The maximum absolute atomic E-state index is 13.0. The summed E-state index contributed by atoms with van der Waals surface area (Å²) in [5.74, 6) is -0.0632. The molecule has 5 nitrogen and oxygen atoms in total. The molecule has 0 spiro atoms. The van der Waals surface area contributed by atoms with Gasteiger partial charge in [0.25, 0.3) is 5.91 Å². The third-order valence-corrected chi connectivity index (χ3v) is 5.21. The number of carbonyl (C=O) groups excluding carboxylic acids is 2. The number of likely N-dealkylation sites (N-methyl/N-ethyl adjacent to an activating group) is 1. The Labute approximate surface area is 185 Å². The lowest BCUT2D eigenvalue weighted by atomic mass is 10.1. The Kier molecular flexibility index (Phi) is 9.08. The van der Waals surface area contributed by atoms with Crippen LogP contribution in [0.4, 0.5) is 0 Å². The zero-order valence-corrected chi connectivity index (χ0v) is 18.5. The fourth-order valence-electron chi connectivity index (χ4n) is 2.83. The van der Waals surface area contributed by atoms with Gasteiger partial charge in [-0.05, 0) is 49.2 Å². The summed E-state index contributed by atoms with van der Waals surface area (Å²) in [5.41, 5.74) is 0.762. The minimum Gasteiger partial charge on any atom is -0.484 e. The lowest BCUT2D eigenvalue weighted by Crippen LogP contribution is -2.50. The van der Waals surface area contributed by atoms with Gasteiger partial charge in [-0.25, -0.2) is 0 Å². The molecule has 0 aliphatic rings. The summed E-state index contributed by atoms with van der Waals surface area (Å²) in [6, 6.07) is 11.3. The predicted molar refractivity (Wildman–Crippen MR) is 117 cm³/mol. The van der Waals surface area contributed by atoms with Crippen LogP contribution in [0.3, 0.4) is 0 Å². The van der Waals surface area contributed by atoms with Gasteiger partial charge in [0.2, 0.25) is 5.91 Å². The van der Waals surface area contributed by atoms with Crippen LogP contribution in [0, 0.1) is 0 Å². The first-order valence-electron chi connectivity index (χ1n) is 9.25. The molecular formula is C21H23Cl3N2O3. The average Bonchev–Trinajstić information content (AvgIpc) is 2.69. The largest absolute Gasteiger partial charge is 0.484 e. The topological polar surface area (TPSA) is 58.6 Å². The van der Waals surface area contributed by atoms with Gasteiger partial charge in [0.15, 0.2) is 6.61 Å². The number of carbonyl (C=O) groups is 2. The molecule has 1 atom stereocenters. The third-order valence-electron chi connectivity index (χ3n) is 4.23. The van der Waals surface area contributed by atoms with Crippen LogP contribution in [0.25, 0.3) is 0 Å². The lowest BCUT2D eigenvalue weighted by Gasteiger charge is -2.30. The summed E-state index contributed by atoms with van der Waals surface area (Å²) in [6.07, 6.45) is 0.454. The van der Waals surface area contributed by atoms with Crippen molar-refractivity contribution >= 4 is 46.6 Å². The molecule has 1 unspecified atom stereocenters. The second-order valence-electron chi connectivity index (χ2n) is 6.33. The quantitative estimate of drug-likeness (QED) is 0.578. The summed E-state index contributed by atoms with van der Waals surface area (Å²) in [6.45, 7) is 4.13. The highest BCUT2D eigenvalue weighted by atomic mass is 35.5. The van der Waals surface area contributed by atoms with Gasteiger partial charge in [-0.1, -0.05) is 53.9 Å². The lowest BCUT2D eigenvalue weighted by molar-refractivity contribution is -0.142. The molecule has 0 saturated carbocycles. The fraction of sp³-hybridized carbons (Fsp3) is 0.333. The first kappa shape index (κ1) is 23.3. The van der Waals surface area contributed by atoms with Crippen molar-refractivity contribution in [2.75, 3.05) is 13.2 Å². The highest BCUT2D eigenvalue weighted by molar-refractivity contribution is 6.42. The van der Waals surface area contributed by atoms with Gasteiger partial charge in [-0.15, -0.1) is 0 Å². The molecule has 2 amide bonds. The predicted octanol–water partition coefficient (Wildman–Crippen LogP) is 4.97. The summed E-state index contributed by atoms with van der Waals surface area (Å²) in [7, 11) is 0. The zero-order chi connectivity index (χ0) is 21.4. The Morgan fingerprint density at radius 3 is 2.45 bits per heavy atom. The van der Waals surface area contributed by atoms with Gasteiger partial charge in [0.1, 0.15) is 11.8 Å². The number of hydrogen-bond acceptors (Lipinski definition) is 3. The van der Waals surface area contributed by atoms with E-state index >= 15 is 0 Å². The number of ether oxygens (including phenoxy) is 1. The summed E-state index contributed by atoms with van der Waals surface area (Å²) >= 11 is 18.0. The third kappa shape index (κ3) is 6.81. The van der Waals surface area contributed by atoms with Crippen molar-refractivity contribution < 1.29 is 14.3 Å². The number of nitrogens with zero attached hydrogens (tertiary/aromatic N) is 1. The molecule has 29 heavy (non-hydrogen) atoms. The van der Waals surface area contributed by atoms with Crippen molar-refractivity contribution in [2.45, 2.75) is 32.9 Å². The van der Waals surface area contributed by atoms with Crippen molar-refractivity contribution in [1.82, 2.24) is 10.2 Å². The van der Waals surface area contributed by atoms with Crippen LogP contribution in [0.2, 0.25) is 15.1 Å². The highest BCUT2D eigenvalue weighted by Crippen LogP contribution is 2.24. The molecule has 0 fully saturated rings. The normalized spacial score (nSPS) is 11.6. The highest BCUT2D eigenvalue weighted by Gasteiger charge is 2.28. The summed E-state index contributed by atoms with van der Waals surface area (Å²) in [4.78, 5) is 27.0. The molecule has 2 aromatic rings. The number of halogens is 3. The average molecular weight is 458 g/mol. The molecule has 0 aliphatic carbocycles. The molecule has 0 bridgehead atoms. The number of amides is 2. The van der Waals surface area contributed by atoms with E-state index in [-0.39, 0.29) is 25.0 Å². The van der Waals surface area contributed by atoms with Gasteiger partial charge in [-0.3, -0.25) is 9.59 Å². The Bertz CT molecular complexity index is 861. The second-order valence-corrected chi connectivity index (χ2v) is 7.59. The van der Waals surface area contributed by atoms with E-state index in [9.17, 15) is 9.59 Å². The first-order valence-corrected chi connectivity index (χ1v) is 10.4. The minimum atomic E-state index is -0.639. The first-order chi connectivity index (χ1) is 13.8. The van der Waals surface area contributed by atoms with Gasteiger partial charge in [0.05, 0.1) is 10.0 Å². The summed E-state index contributed by atoms with van der Waals surface area (Å²) < 4.78 is 5.59. The molecule has 156 valence electrons. The van der Waals surface area contributed by atoms with Crippen molar-refractivity contribution in [3.05, 3.63) is 63.1 Å². The molecule has 2 aromatic carbocycles. The Morgan fingerprint density at radius 1 is 1.07 bits per heavy atom. The smallest absolute Gasteiger partial charge is 0.261 e. The maximum Gasteiger partial charge on any atom is 0.261 e. The zero-order valence-electron chi connectivity index (χ0n) is 16.3. The van der Waals surface area contributed by atoms with E-state index in [0.717, 1.165) is 5.56 Å². The van der Waals surface area contributed by atoms with E-state index < -0.39 is 6.04 Å². The van der Waals surface area contributed by atoms with Gasteiger partial charge in [-0.2, -0.15) is 0 Å². The van der Waals surface area contributed by atoms with Crippen molar-refractivity contribution in [3.63, 3.8) is 0 Å². The molecular weight excluding hydrogens is 435 g/mol. The van der Waals surface area contributed by atoms with Crippen LogP contribution in [0.5, 0.6) is 5.75 Å². The minimum absolute atomic E-state index is 0.199. The molecule has 2 rings (SSSR count). The number of nitrogens with one attached hydrogen (secondary N) is 1. The van der Waals surface area contributed by atoms with E-state index in [1.807, 2.05) is 13.8 Å². The van der Waals surface area contributed by atoms with E-state index in [4.69, 9.17) is 39.5 Å². The van der Waals surface area contributed by atoms with Crippen LogP contribution in [-0.4, -0.2) is 35.9 Å². The molecule has 0 saturated heterocycles. The number of hydrogen-bond donors (Lipinski definition) is 1. The Balaban J connectivity index is 2.22. The molecule has 0 heterocycles. The van der Waals surface area contributed by atoms with E-state index in [2.05, 4.69) is 5.32 Å². The van der Waals surface area contributed by atoms with Crippen molar-refractivity contribution in [1.29, 1.82) is 0 Å². The Hall–Kier alpha value is -1.95. The second kappa shape index (κ2) is 11.3. The van der Waals surface area contributed by atoms with E-state index in [0.29, 0.717) is 33.8 Å². The molecule has 0 radical (unpaired) electrons. The molecule has 0 aromatic heterocycles. The number of benzene rings is 2. The standard InChI is InChI=1S/C21H23Cl3N2O3/c1-3-19(21(28)25-4-2)26(12-14-8-9-17(23)18(24)10-14)20(27)13-29-16-7-5-6-15(22)11-16/h5-11,19H,3-4,12-13H2,1-2H3,(H,25,28). The number of rotatable bonds is 9. The van der Waals surface area contributed by atoms with Crippen LogP contribution in [-0.2, 0) is 16.1 Å². The summed E-state index contributed by atoms with van der Waals surface area (Å²) in [5, 5.41) is 4.10.